The van der Waals surface area contributed by atoms with Gasteiger partial charge in [-0.3, -0.25) is 4.79 Å². The summed E-state index contributed by atoms with van der Waals surface area (Å²) in [7, 11) is 0. The van der Waals surface area contributed by atoms with Gasteiger partial charge in [0.25, 0.3) is 0 Å². The molecule has 0 bridgehead atoms. The Morgan fingerprint density at radius 1 is 1.42 bits per heavy atom. The van der Waals surface area contributed by atoms with Crippen molar-refractivity contribution in [3.63, 3.8) is 0 Å². The fourth-order valence-corrected chi connectivity index (χ4v) is 2.94. The van der Waals surface area contributed by atoms with Crippen molar-refractivity contribution >= 4 is 5.91 Å². The number of hydrogen-bond donors (Lipinski definition) is 1. The minimum absolute atomic E-state index is 0.0809. The van der Waals surface area contributed by atoms with Crippen LogP contribution in [0.1, 0.15) is 5.56 Å². The van der Waals surface area contributed by atoms with E-state index in [2.05, 4.69) is 4.98 Å². The molecule has 1 saturated heterocycles. The molecule has 7 heteroatoms. The molecule has 1 atom stereocenters. The first-order valence-corrected chi connectivity index (χ1v) is 7.84. The van der Waals surface area contributed by atoms with E-state index in [0.29, 0.717) is 18.7 Å². The molecule has 1 fully saturated rings. The molecule has 6 nitrogen and oxygen atoms in total. The number of aliphatic hydroxyl groups excluding tert-OH is 1. The summed E-state index contributed by atoms with van der Waals surface area (Å²) in [6, 6.07) is 6.41. The minimum atomic E-state index is -0.981. The van der Waals surface area contributed by atoms with E-state index < -0.39 is 5.60 Å². The number of imidazole rings is 1. The molecular weight excluding hydrogens is 313 g/mol. The highest BCUT2D eigenvalue weighted by Gasteiger charge is 2.38. The Labute approximate surface area is 139 Å². The van der Waals surface area contributed by atoms with E-state index >= 15 is 0 Å². The molecule has 2 heterocycles. The number of hydrogen-bond acceptors (Lipinski definition) is 4. The molecule has 0 aliphatic carbocycles. The molecule has 1 aromatic heterocycles. The summed E-state index contributed by atoms with van der Waals surface area (Å²) >= 11 is 0. The number of benzene rings is 1. The average Bonchev–Trinajstić information content (AvgIpc) is 3.10. The summed E-state index contributed by atoms with van der Waals surface area (Å²) in [6.07, 6.45) is 5.13. The van der Waals surface area contributed by atoms with Gasteiger partial charge in [-0.05, 0) is 11.6 Å². The lowest BCUT2D eigenvalue weighted by molar-refractivity contribution is -0.158. The Kier molecular flexibility index (Phi) is 4.92. The van der Waals surface area contributed by atoms with Gasteiger partial charge in [0.15, 0.2) is 0 Å². The van der Waals surface area contributed by atoms with Crippen LogP contribution in [0.25, 0.3) is 0 Å². The lowest BCUT2D eigenvalue weighted by Gasteiger charge is -2.42. The minimum Gasteiger partial charge on any atom is -0.393 e. The standard InChI is InChI=1S/C17H20FN3O3/c18-15-4-2-1-3-14(15)9-17(12-22)11-21(7-8-24-17)16(23)10-20-6-5-19-13-20/h1-6,13,22H,7-12H2/t17-/m0/s1. The van der Waals surface area contributed by atoms with Crippen molar-refractivity contribution in [1.82, 2.24) is 14.5 Å². The quantitative estimate of drug-likeness (QED) is 0.881. The average molecular weight is 333 g/mol. The van der Waals surface area contributed by atoms with Gasteiger partial charge in [0.05, 0.1) is 26.1 Å². The van der Waals surface area contributed by atoms with Gasteiger partial charge in [0.2, 0.25) is 5.91 Å². The first-order valence-electron chi connectivity index (χ1n) is 7.84. The van der Waals surface area contributed by atoms with Gasteiger partial charge in [-0.15, -0.1) is 0 Å². The monoisotopic (exact) mass is 333 g/mol. The van der Waals surface area contributed by atoms with Gasteiger partial charge in [-0.2, -0.15) is 0 Å². The fourth-order valence-electron chi connectivity index (χ4n) is 2.94. The van der Waals surface area contributed by atoms with E-state index in [-0.39, 0.29) is 37.8 Å². The number of ether oxygens (including phenoxy) is 1. The Morgan fingerprint density at radius 3 is 2.96 bits per heavy atom. The van der Waals surface area contributed by atoms with Crippen LogP contribution in [0.5, 0.6) is 0 Å². The van der Waals surface area contributed by atoms with E-state index in [0.717, 1.165) is 0 Å². The maximum atomic E-state index is 13.9. The maximum Gasteiger partial charge on any atom is 0.242 e. The third-order valence-electron chi connectivity index (χ3n) is 4.24. The van der Waals surface area contributed by atoms with Crippen molar-refractivity contribution in [2.75, 3.05) is 26.3 Å². The predicted octanol–water partition coefficient (Wildman–Crippen LogP) is 0.855. The molecule has 0 radical (unpaired) electrons. The number of aliphatic hydroxyl groups is 1. The Balaban J connectivity index is 1.72. The highest BCUT2D eigenvalue weighted by Crippen LogP contribution is 2.24. The third-order valence-corrected chi connectivity index (χ3v) is 4.24. The lowest BCUT2D eigenvalue weighted by atomic mass is 9.92. The number of morpholine rings is 1. The van der Waals surface area contributed by atoms with E-state index in [1.54, 1.807) is 46.4 Å². The van der Waals surface area contributed by atoms with Crippen molar-refractivity contribution in [3.05, 3.63) is 54.4 Å². The van der Waals surface area contributed by atoms with Crippen LogP contribution in [0.2, 0.25) is 0 Å². The van der Waals surface area contributed by atoms with E-state index in [4.69, 9.17) is 4.74 Å². The first kappa shape index (κ1) is 16.6. The molecule has 1 N–H and O–H groups in total. The van der Waals surface area contributed by atoms with Crippen LogP contribution in [0.15, 0.2) is 43.0 Å². The second-order valence-corrected chi connectivity index (χ2v) is 6.01. The molecule has 1 amide bonds. The molecule has 1 aromatic carbocycles. The predicted molar refractivity (Wildman–Crippen MR) is 84.7 cm³/mol. The van der Waals surface area contributed by atoms with Gasteiger partial charge in [0.1, 0.15) is 18.0 Å². The zero-order valence-electron chi connectivity index (χ0n) is 13.3. The van der Waals surface area contributed by atoms with Crippen molar-refractivity contribution in [1.29, 1.82) is 0 Å². The zero-order valence-corrected chi connectivity index (χ0v) is 13.3. The number of aromatic nitrogens is 2. The molecule has 1 aliphatic rings. The number of rotatable bonds is 5. The topological polar surface area (TPSA) is 67.6 Å². The normalized spacial score (nSPS) is 21.0. The molecule has 0 saturated carbocycles. The highest BCUT2D eigenvalue weighted by atomic mass is 19.1. The fraction of sp³-hybridized carbons (Fsp3) is 0.412. The molecule has 3 rings (SSSR count). The highest BCUT2D eigenvalue weighted by molar-refractivity contribution is 5.76. The number of carbonyl (C=O) groups excluding carboxylic acids is 1. The number of halogens is 1. The van der Waals surface area contributed by atoms with Gasteiger partial charge in [0, 0.05) is 25.4 Å². The second kappa shape index (κ2) is 7.11. The molecule has 0 spiro atoms. The molecule has 1 aliphatic heterocycles. The van der Waals surface area contributed by atoms with Crippen LogP contribution in [-0.4, -0.2) is 57.4 Å². The number of amides is 1. The number of carbonyl (C=O) groups is 1. The summed E-state index contributed by atoms with van der Waals surface area (Å²) in [5, 5.41) is 9.85. The largest absolute Gasteiger partial charge is 0.393 e. The summed E-state index contributed by atoms with van der Waals surface area (Å²) in [5.74, 6) is -0.418. The number of nitrogens with zero attached hydrogens (tertiary/aromatic N) is 3. The van der Waals surface area contributed by atoms with Gasteiger partial charge >= 0.3 is 0 Å². The molecule has 24 heavy (non-hydrogen) atoms. The molecule has 128 valence electrons. The summed E-state index contributed by atoms with van der Waals surface area (Å²) < 4.78 is 21.4. The Morgan fingerprint density at radius 2 is 2.25 bits per heavy atom. The molecule has 2 aromatic rings. The Hall–Kier alpha value is -2.25. The van der Waals surface area contributed by atoms with Crippen molar-refractivity contribution in [3.8, 4) is 0 Å². The van der Waals surface area contributed by atoms with Gasteiger partial charge in [-0.25, -0.2) is 9.37 Å². The van der Waals surface area contributed by atoms with Crippen molar-refractivity contribution < 1.29 is 19.0 Å². The molecule has 0 unspecified atom stereocenters. The van der Waals surface area contributed by atoms with E-state index in [1.165, 1.54) is 6.07 Å². The van der Waals surface area contributed by atoms with Gasteiger partial charge < -0.3 is 19.3 Å². The van der Waals surface area contributed by atoms with E-state index in [1.807, 2.05) is 0 Å². The molecular formula is C17H20FN3O3. The van der Waals surface area contributed by atoms with Crippen LogP contribution in [0.3, 0.4) is 0 Å². The lowest BCUT2D eigenvalue weighted by Crippen LogP contribution is -2.57. The summed E-state index contributed by atoms with van der Waals surface area (Å²) in [5.41, 5.74) is -0.513. The Bertz CT molecular complexity index is 692. The van der Waals surface area contributed by atoms with Gasteiger partial charge in [-0.1, -0.05) is 18.2 Å². The second-order valence-electron chi connectivity index (χ2n) is 6.01. The van der Waals surface area contributed by atoms with Crippen molar-refractivity contribution in [2.45, 2.75) is 18.6 Å². The third kappa shape index (κ3) is 3.63. The zero-order chi connectivity index (χ0) is 17.0. The summed E-state index contributed by atoms with van der Waals surface area (Å²) in [6.45, 7) is 0.889. The van der Waals surface area contributed by atoms with Crippen LogP contribution in [-0.2, 0) is 22.5 Å². The maximum absolute atomic E-state index is 13.9. The summed E-state index contributed by atoms with van der Waals surface area (Å²) in [4.78, 5) is 18.0. The SMILES string of the molecule is O=C(Cn1ccnc1)N1CCO[C@@](CO)(Cc2ccccc2F)C1. The van der Waals surface area contributed by atoms with E-state index in [9.17, 15) is 14.3 Å². The van der Waals surface area contributed by atoms with Crippen LogP contribution in [0.4, 0.5) is 4.39 Å². The van der Waals surface area contributed by atoms with Crippen LogP contribution in [0, 0.1) is 5.82 Å². The van der Waals surface area contributed by atoms with Crippen LogP contribution >= 0.6 is 0 Å². The van der Waals surface area contributed by atoms with Crippen molar-refractivity contribution in [2.24, 2.45) is 0 Å². The van der Waals surface area contributed by atoms with Crippen LogP contribution < -0.4 is 0 Å². The smallest absolute Gasteiger partial charge is 0.242 e. The first-order chi connectivity index (χ1) is 11.6.